The van der Waals surface area contributed by atoms with Crippen molar-refractivity contribution in [1.29, 1.82) is 0 Å². The quantitative estimate of drug-likeness (QED) is 0.632. The Morgan fingerprint density at radius 2 is 1.67 bits per heavy atom. The van der Waals surface area contributed by atoms with Crippen LogP contribution in [0.25, 0.3) is 0 Å². The molecule has 0 aliphatic carbocycles. The first-order valence-corrected chi connectivity index (χ1v) is 6.69. The number of para-hydroxylation sites is 1. The highest BCUT2D eigenvalue weighted by Crippen LogP contribution is 2.32. The van der Waals surface area contributed by atoms with E-state index in [9.17, 15) is 15.0 Å². The fourth-order valence-electron chi connectivity index (χ4n) is 1.97. The van der Waals surface area contributed by atoms with E-state index in [1.165, 1.54) is 18.2 Å². The summed E-state index contributed by atoms with van der Waals surface area (Å²) < 4.78 is 0. The summed E-state index contributed by atoms with van der Waals surface area (Å²) in [7, 11) is 0. The van der Waals surface area contributed by atoms with Crippen LogP contribution < -0.4 is 11.1 Å². The Balaban J connectivity index is 1.94. The summed E-state index contributed by atoms with van der Waals surface area (Å²) in [5.74, 6) is -0.833. The number of benzene rings is 2. The molecule has 5 N–H and O–H groups in total. The van der Waals surface area contributed by atoms with Crippen molar-refractivity contribution in [3.63, 3.8) is 0 Å². The molecule has 0 bridgehead atoms. The highest BCUT2D eigenvalue weighted by molar-refractivity contribution is 5.97. The van der Waals surface area contributed by atoms with Gasteiger partial charge in [-0.3, -0.25) is 4.79 Å². The molecule has 0 aromatic heterocycles. The minimum atomic E-state index is -0.718. The topological polar surface area (TPSA) is 95.6 Å². The number of nitrogens with one attached hydrogen (secondary N) is 1. The second-order valence-electron chi connectivity index (χ2n) is 4.79. The normalized spacial score (nSPS) is 11.9. The van der Waals surface area contributed by atoms with Crippen LogP contribution in [0.15, 0.2) is 48.5 Å². The number of hydrogen-bond acceptors (Lipinski definition) is 4. The van der Waals surface area contributed by atoms with E-state index in [0.29, 0.717) is 12.8 Å². The SMILES string of the molecule is N[C@@H](CCc1ccccc1)C(=O)Nc1c(O)cccc1O. The summed E-state index contributed by atoms with van der Waals surface area (Å²) in [5, 5.41) is 21.7. The van der Waals surface area contributed by atoms with Crippen molar-refractivity contribution in [1.82, 2.24) is 0 Å². The first-order chi connectivity index (χ1) is 10.1. The van der Waals surface area contributed by atoms with Gasteiger partial charge in [0, 0.05) is 0 Å². The number of aryl methyl sites for hydroxylation is 1. The molecule has 0 spiro atoms. The van der Waals surface area contributed by atoms with Gasteiger partial charge in [0.15, 0.2) is 0 Å². The van der Waals surface area contributed by atoms with Crippen molar-refractivity contribution in [2.24, 2.45) is 5.73 Å². The molecule has 1 amide bonds. The van der Waals surface area contributed by atoms with Gasteiger partial charge < -0.3 is 21.3 Å². The van der Waals surface area contributed by atoms with Crippen molar-refractivity contribution in [2.45, 2.75) is 18.9 Å². The van der Waals surface area contributed by atoms with Crippen LogP contribution in [0.2, 0.25) is 0 Å². The van der Waals surface area contributed by atoms with Crippen LogP contribution in [-0.4, -0.2) is 22.2 Å². The van der Waals surface area contributed by atoms with Crippen molar-refractivity contribution in [3.05, 3.63) is 54.1 Å². The van der Waals surface area contributed by atoms with Gasteiger partial charge in [-0.25, -0.2) is 0 Å². The van der Waals surface area contributed by atoms with Crippen LogP contribution in [0.5, 0.6) is 11.5 Å². The number of anilines is 1. The number of nitrogens with two attached hydrogens (primary N) is 1. The van der Waals surface area contributed by atoms with Crippen molar-refractivity contribution in [3.8, 4) is 11.5 Å². The monoisotopic (exact) mass is 286 g/mol. The summed E-state index contributed by atoms with van der Waals surface area (Å²) in [4.78, 5) is 12.0. The second-order valence-corrected chi connectivity index (χ2v) is 4.79. The predicted molar refractivity (Wildman–Crippen MR) is 81.1 cm³/mol. The maximum atomic E-state index is 12.0. The van der Waals surface area contributed by atoms with Gasteiger partial charge in [-0.2, -0.15) is 0 Å². The number of phenols is 2. The molecule has 0 saturated carbocycles. The van der Waals surface area contributed by atoms with Gasteiger partial charge in [-0.1, -0.05) is 36.4 Å². The molecule has 0 unspecified atom stereocenters. The molecule has 0 radical (unpaired) electrons. The fourth-order valence-corrected chi connectivity index (χ4v) is 1.97. The molecule has 0 aliphatic heterocycles. The largest absolute Gasteiger partial charge is 0.506 e. The van der Waals surface area contributed by atoms with Crippen molar-refractivity contribution in [2.75, 3.05) is 5.32 Å². The summed E-state index contributed by atoms with van der Waals surface area (Å²) in [6.45, 7) is 0. The Labute approximate surface area is 123 Å². The van der Waals surface area contributed by atoms with Crippen LogP contribution in [0.4, 0.5) is 5.69 Å². The minimum absolute atomic E-state index is 0.0161. The molecule has 2 rings (SSSR count). The molecule has 0 saturated heterocycles. The molecule has 2 aromatic carbocycles. The van der Waals surface area contributed by atoms with Crippen LogP contribution >= 0.6 is 0 Å². The average Bonchev–Trinajstić information content (AvgIpc) is 2.49. The molecule has 1 atom stereocenters. The number of phenolic OH excluding ortho intramolecular Hbond substituents is 2. The first-order valence-electron chi connectivity index (χ1n) is 6.69. The van der Waals surface area contributed by atoms with Crippen LogP contribution in [0.1, 0.15) is 12.0 Å². The van der Waals surface area contributed by atoms with Crippen LogP contribution in [0.3, 0.4) is 0 Å². The van der Waals surface area contributed by atoms with Crippen LogP contribution in [0, 0.1) is 0 Å². The van der Waals surface area contributed by atoms with Gasteiger partial charge in [0.2, 0.25) is 5.91 Å². The zero-order valence-corrected chi connectivity index (χ0v) is 11.5. The van der Waals surface area contributed by atoms with Crippen LogP contribution in [-0.2, 0) is 11.2 Å². The minimum Gasteiger partial charge on any atom is -0.506 e. The van der Waals surface area contributed by atoms with E-state index in [1.54, 1.807) is 0 Å². The number of hydrogen-bond donors (Lipinski definition) is 4. The molecule has 110 valence electrons. The summed E-state index contributed by atoms with van der Waals surface area (Å²) >= 11 is 0. The van der Waals surface area contributed by atoms with E-state index in [4.69, 9.17) is 5.73 Å². The summed E-state index contributed by atoms with van der Waals surface area (Å²) in [5.41, 5.74) is 6.92. The van der Waals surface area contributed by atoms with Gasteiger partial charge in [0.25, 0.3) is 0 Å². The number of aromatic hydroxyl groups is 2. The highest BCUT2D eigenvalue weighted by Gasteiger charge is 2.17. The fraction of sp³-hybridized carbons (Fsp3) is 0.188. The van der Waals surface area contributed by atoms with E-state index in [1.807, 2.05) is 30.3 Å². The lowest BCUT2D eigenvalue weighted by Crippen LogP contribution is -2.36. The lowest BCUT2D eigenvalue weighted by molar-refractivity contribution is -0.117. The molecule has 5 nitrogen and oxygen atoms in total. The Bertz CT molecular complexity index is 594. The molecule has 0 aliphatic rings. The van der Waals surface area contributed by atoms with Gasteiger partial charge in [0.1, 0.15) is 17.2 Å². The Morgan fingerprint density at radius 3 is 2.29 bits per heavy atom. The zero-order chi connectivity index (χ0) is 15.2. The lowest BCUT2D eigenvalue weighted by Gasteiger charge is -2.14. The van der Waals surface area contributed by atoms with E-state index in [-0.39, 0.29) is 17.2 Å². The van der Waals surface area contributed by atoms with E-state index < -0.39 is 11.9 Å². The maximum absolute atomic E-state index is 12.0. The second kappa shape index (κ2) is 6.76. The third kappa shape index (κ3) is 3.97. The smallest absolute Gasteiger partial charge is 0.241 e. The van der Waals surface area contributed by atoms with Gasteiger partial charge in [0.05, 0.1) is 6.04 Å². The van der Waals surface area contributed by atoms with E-state index in [0.717, 1.165) is 5.56 Å². The highest BCUT2D eigenvalue weighted by atomic mass is 16.3. The number of carbonyl (C=O) groups is 1. The predicted octanol–water partition coefficient (Wildman–Crippen LogP) is 2.00. The Hall–Kier alpha value is -2.53. The molecule has 0 heterocycles. The molecule has 2 aromatic rings. The first kappa shape index (κ1) is 14.9. The third-order valence-electron chi connectivity index (χ3n) is 3.19. The average molecular weight is 286 g/mol. The van der Waals surface area contributed by atoms with Crippen molar-refractivity contribution >= 4 is 11.6 Å². The van der Waals surface area contributed by atoms with Gasteiger partial charge in [-0.15, -0.1) is 0 Å². The summed E-state index contributed by atoms with van der Waals surface area (Å²) in [6, 6.07) is 13.3. The standard InChI is InChI=1S/C16H18N2O3/c17-12(10-9-11-5-2-1-3-6-11)16(21)18-15-13(19)7-4-8-14(15)20/h1-8,12,19-20H,9-10,17H2,(H,18,21)/t12-/m0/s1. The van der Waals surface area contributed by atoms with E-state index in [2.05, 4.69) is 5.32 Å². The number of amides is 1. The Kier molecular flexibility index (Phi) is 4.79. The molecular weight excluding hydrogens is 268 g/mol. The third-order valence-corrected chi connectivity index (χ3v) is 3.19. The van der Waals surface area contributed by atoms with Gasteiger partial charge in [-0.05, 0) is 30.5 Å². The summed E-state index contributed by atoms with van der Waals surface area (Å²) in [6.07, 6.45) is 1.16. The van der Waals surface area contributed by atoms with Gasteiger partial charge >= 0.3 is 0 Å². The Morgan fingerprint density at radius 1 is 1.05 bits per heavy atom. The number of carbonyl (C=O) groups excluding carboxylic acids is 1. The number of rotatable bonds is 5. The zero-order valence-electron chi connectivity index (χ0n) is 11.5. The maximum Gasteiger partial charge on any atom is 0.241 e. The van der Waals surface area contributed by atoms with Crippen molar-refractivity contribution < 1.29 is 15.0 Å². The molecular formula is C16H18N2O3. The van der Waals surface area contributed by atoms with E-state index >= 15 is 0 Å². The molecule has 5 heteroatoms. The molecule has 0 fully saturated rings. The molecule has 21 heavy (non-hydrogen) atoms. The lowest BCUT2D eigenvalue weighted by atomic mass is 10.1.